The highest BCUT2D eigenvalue weighted by Crippen LogP contribution is 2.30. The van der Waals surface area contributed by atoms with E-state index in [9.17, 15) is 45.6 Å². The second kappa shape index (κ2) is 57.1. The smallest absolute Gasteiger partial charge is 0.220 e. The van der Waals surface area contributed by atoms with E-state index < -0.39 is 86.8 Å². The molecule has 86 heavy (non-hydrogen) atoms. The van der Waals surface area contributed by atoms with Crippen LogP contribution in [0.2, 0.25) is 0 Å². The van der Waals surface area contributed by atoms with E-state index in [1.54, 1.807) is 0 Å². The molecule has 0 radical (unpaired) electrons. The van der Waals surface area contributed by atoms with Crippen molar-refractivity contribution in [3.05, 3.63) is 36.5 Å². The number of rotatable bonds is 60. The van der Waals surface area contributed by atoms with Gasteiger partial charge in [-0.3, -0.25) is 4.79 Å². The number of aliphatic hydroxyl groups excluding tert-OH is 8. The Morgan fingerprint density at radius 3 is 1.17 bits per heavy atom. The van der Waals surface area contributed by atoms with Gasteiger partial charge >= 0.3 is 0 Å². The van der Waals surface area contributed by atoms with Crippen LogP contribution in [0.25, 0.3) is 0 Å². The van der Waals surface area contributed by atoms with Crippen molar-refractivity contribution >= 4 is 5.91 Å². The standard InChI is InChI=1S/C72H135NO13/c1-3-5-7-9-11-13-15-17-19-21-23-25-27-29-30-32-33-35-37-39-41-43-45-47-49-51-53-55-61(76)60(59-83-71-69(82)67(80)70(63(58-75)85-71)86-72-68(81)66(79)65(78)62(57-74)84-72)73-64(77)56-54-52-50-48-46-44-42-40-38-36-34-31-28-26-24-22-20-18-16-14-12-10-8-6-4-2/h16,18,22,24,28,31,60-63,65-72,74-76,78-82H,3-15,17,19-21,23,25-27,29-30,32-59H2,1-2H3,(H,73,77)/b18-16-,24-22-,31-28-. The van der Waals surface area contributed by atoms with Crippen LogP contribution in [0.3, 0.4) is 0 Å². The van der Waals surface area contributed by atoms with E-state index in [1.165, 1.54) is 225 Å². The molecule has 2 rings (SSSR count). The first-order chi connectivity index (χ1) is 42.1. The fourth-order valence-electron chi connectivity index (χ4n) is 12.1. The summed E-state index contributed by atoms with van der Waals surface area (Å²) < 4.78 is 22.9. The molecule has 9 N–H and O–H groups in total. The Morgan fingerprint density at radius 2 is 0.767 bits per heavy atom. The van der Waals surface area contributed by atoms with Crippen LogP contribution in [-0.2, 0) is 23.7 Å². The van der Waals surface area contributed by atoms with Crippen LogP contribution in [0.4, 0.5) is 0 Å². The molecule has 2 heterocycles. The van der Waals surface area contributed by atoms with E-state index in [0.29, 0.717) is 12.8 Å². The maximum Gasteiger partial charge on any atom is 0.220 e. The van der Waals surface area contributed by atoms with Gasteiger partial charge in [-0.05, 0) is 51.4 Å². The molecule has 12 unspecified atom stereocenters. The van der Waals surface area contributed by atoms with Crippen LogP contribution in [0.1, 0.15) is 322 Å². The first kappa shape index (κ1) is 80.3. The monoisotopic (exact) mass is 1220 g/mol. The molecule has 0 aromatic carbocycles. The number of hydrogen-bond donors (Lipinski definition) is 9. The summed E-state index contributed by atoms with van der Waals surface area (Å²) in [6.07, 6.45) is 55.8. The van der Waals surface area contributed by atoms with Gasteiger partial charge in [0.2, 0.25) is 5.91 Å². The zero-order valence-electron chi connectivity index (χ0n) is 55.1. The van der Waals surface area contributed by atoms with E-state index in [0.717, 1.165) is 70.6 Å². The van der Waals surface area contributed by atoms with Crippen LogP contribution >= 0.6 is 0 Å². The molecule has 0 bridgehead atoms. The molecule has 0 saturated carbocycles. The molecule has 0 spiro atoms. The second-order valence-electron chi connectivity index (χ2n) is 25.7. The summed E-state index contributed by atoms with van der Waals surface area (Å²) >= 11 is 0. The Balaban J connectivity index is 1.66. The highest BCUT2D eigenvalue weighted by atomic mass is 16.7. The SMILES string of the molecule is CCCCCCC/C=C\C/C=C\C/C=C\CCCCCCCCCCCCC(=O)NC(COC1OC(CO)C(OC2OC(CO)C(O)C(O)C2O)C(O)C1O)C(O)CCCCCCCCCCCCCCCCCCCCCCCCCCCCC. The molecule has 2 fully saturated rings. The van der Waals surface area contributed by atoms with Gasteiger partial charge in [0.05, 0.1) is 32.0 Å². The molecule has 2 aliphatic rings. The van der Waals surface area contributed by atoms with Crippen molar-refractivity contribution in [3.63, 3.8) is 0 Å². The molecule has 0 aliphatic carbocycles. The van der Waals surface area contributed by atoms with Gasteiger partial charge in [-0.2, -0.15) is 0 Å². The summed E-state index contributed by atoms with van der Waals surface area (Å²) in [5.41, 5.74) is 0. The van der Waals surface area contributed by atoms with Gasteiger partial charge < -0.3 is 65.1 Å². The molecule has 12 atom stereocenters. The normalized spacial score (nSPS) is 23.6. The summed E-state index contributed by atoms with van der Waals surface area (Å²) in [7, 11) is 0. The lowest BCUT2D eigenvalue weighted by molar-refractivity contribution is -0.359. The Bertz CT molecular complexity index is 1580. The van der Waals surface area contributed by atoms with Gasteiger partial charge in [0.1, 0.15) is 48.8 Å². The average molecular weight is 1220 g/mol. The van der Waals surface area contributed by atoms with Gasteiger partial charge in [-0.1, -0.05) is 301 Å². The average Bonchev–Trinajstić information content (AvgIpc) is 2.54. The number of carbonyl (C=O) groups is 1. The van der Waals surface area contributed by atoms with Crippen LogP contribution in [-0.4, -0.2) is 140 Å². The molecular formula is C72H135NO13. The number of unbranched alkanes of at least 4 members (excludes halogenated alkanes) is 41. The number of nitrogens with one attached hydrogen (secondary N) is 1. The maximum absolute atomic E-state index is 13.4. The maximum atomic E-state index is 13.4. The molecule has 14 nitrogen and oxygen atoms in total. The van der Waals surface area contributed by atoms with Crippen LogP contribution in [0.15, 0.2) is 36.5 Å². The summed E-state index contributed by atoms with van der Waals surface area (Å²) in [5.74, 6) is -0.206. The van der Waals surface area contributed by atoms with Crippen molar-refractivity contribution in [1.82, 2.24) is 5.32 Å². The van der Waals surface area contributed by atoms with Crippen molar-refractivity contribution in [2.75, 3.05) is 19.8 Å². The summed E-state index contributed by atoms with van der Waals surface area (Å²) in [6.45, 7) is 2.90. The molecular weight excluding hydrogens is 1090 g/mol. The predicted molar refractivity (Wildman–Crippen MR) is 351 cm³/mol. The summed E-state index contributed by atoms with van der Waals surface area (Å²) in [5, 5.41) is 87.7. The molecule has 0 aromatic rings. The Hall–Kier alpha value is -1.79. The Kier molecular flexibility index (Phi) is 53.4. The lowest BCUT2D eigenvalue weighted by atomic mass is 9.97. The predicted octanol–water partition coefficient (Wildman–Crippen LogP) is 14.9. The van der Waals surface area contributed by atoms with Crippen molar-refractivity contribution in [3.8, 4) is 0 Å². The van der Waals surface area contributed by atoms with E-state index in [2.05, 4.69) is 55.6 Å². The van der Waals surface area contributed by atoms with Gasteiger partial charge in [0, 0.05) is 6.42 Å². The van der Waals surface area contributed by atoms with Crippen molar-refractivity contribution in [2.45, 2.75) is 396 Å². The highest BCUT2D eigenvalue weighted by Gasteiger charge is 2.51. The lowest BCUT2D eigenvalue weighted by Crippen LogP contribution is -2.65. The quantitative estimate of drug-likeness (QED) is 0.0204. The molecule has 506 valence electrons. The van der Waals surface area contributed by atoms with Gasteiger partial charge in [-0.25, -0.2) is 0 Å². The van der Waals surface area contributed by atoms with Crippen LogP contribution in [0.5, 0.6) is 0 Å². The number of carbonyl (C=O) groups excluding carboxylic acids is 1. The minimum atomic E-state index is -1.78. The third kappa shape index (κ3) is 40.8. The van der Waals surface area contributed by atoms with E-state index in [4.69, 9.17) is 18.9 Å². The largest absolute Gasteiger partial charge is 0.394 e. The molecule has 14 heteroatoms. The molecule has 1 amide bonds. The zero-order chi connectivity index (χ0) is 62.3. The first-order valence-electron chi connectivity index (χ1n) is 36.2. The van der Waals surface area contributed by atoms with Crippen molar-refractivity contribution in [1.29, 1.82) is 0 Å². The first-order valence-corrected chi connectivity index (χ1v) is 36.2. The minimum Gasteiger partial charge on any atom is -0.394 e. The third-order valence-electron chi connectivity index (χ3n) is 17.9. The second-order valence-corrected chi connectivity index (χ2v) is 25.7. The number of aliphatic hydroxyl groups is 8. The third-order valence-corrected chi connectivity index (χ3v) is 17.9. The molecule has 2 aliphatic heterocycles. The highest BCUT2D eigenvalue weighted by molar-refractivity contribution is 5.76. The fraction of sp³-hybridized carbons (Fsp3) is 0.903. The Morgan fingerprint density at radius 1 is 0.419 bits per heavy atom. The van der Waals surface area contributed by atoms with Crippen LogP contribution in [0, 0.1) is 0 Å². The topological polar surface area (TPSA) is 228 Å². The molecule has 0 aromatic heterocycles. The van der Waals surface area contributed by atoms with Gasteiger partial charge in [-0.15, -0.1) is 0 Å². The summed E-state index contributed by atoms with van der Waals surface area (Å²) in [4.78, 5) is 13.4. The van der Waals surface area contributed by atoms with E-state index in [-0.39, 0.29) is 12.5 Å². The number of ether oxygens (including phenoxy) is 4. The van der Waals surface area contributed by atoms with Gasteiger partial charge in [0.25, 0.3) is 0 Å². The van der Waals surface area contributed by atoms with Crippen LogP contribution < -0.4 is 5.32 Å². The Labute approximate surface area is 525 Å². The number of allylic oxidation sites excluding steroid dienone is 6. The molecule has 2 saturated heterocycles. The minimum absolute atomic E-state index is 0.206. The van der Waals surface area contributed by atoms with E-state index in [1.807, 2.05) is 0 Å². The van der Waals surface area contributed by atoms with Crippen molar-refractivity contribution in [2.24, 2.45) is 0 Å². The zero-order valence-corrected chi connectivity index (χ0v) is 55.1. The lowest BCUT2D eigenvalue weighted by Gasteiger charge is -2.46. The van der Waals surface area contributed by atoms with E-state index >= 15 is 0 Å². The van der Waals surface area contributed by atoms with Crippen molar-refractivity contribution < 1.29 is 64.6 Å². The van der Waals surface area contributed by atoms with Gasteiger partial charge in [0.15, 0.2) is 12.6 Å². The fourth-order valence-corrected chi connectivity index (χ4v) is 12.1. The number of hydrogen-bond acceptors (Lipinski definition) is 13. The summed E-state index contributed by atoms with van der Waals surface area (Å²) in [6, 6.07) is -0.833. The number of amides is 1.